The number of carbonyl (C=O) groups excluding carboxylic acids is 3. The Kier molecular flexibility index (Phi) is 9.53. The molecule has 2 atom stereocenters. The maximum atomic E-state index is 13.7. The molecule has 0 saturated heterocycles. The first-order valence-electron chi connectivity index (χ1n) is 12.0. The van der Waals surface area contributed by atoms with Crippen molar-refractivity contribution < 1.29 is 18.8 Å². The van der Waals surface area contributed by atoms with Crippen LogP contribution in [0, 0.1) is 12.3 Å². The second-order valence-corrected chi connectivity index (χ2v) is 9.09. The summed E-state index contributed by atoms with van der Waals surface area (Å²) >= 11 is 0. The normalized spacial score (nSPS) is 12.8. The van der Waals surface area contributed by atoms with E-state index in [9.17, 15) is 14.4 Å². The molecule has 0 aliphatic carbocycles. The fourth-order valence-electron chi connectivity index (χ4n) is 3.67. The number of amides is 2. The van der Waals surface area contributed by atoms with Crippen LogP contribution in [-0.4, -0.2) is 47.6 Å². The SMILES string of the molecule is CC(C[CH]C(=O)NC(CCc1ccccc1)C(=O)c1oc(-c2ccccc2)nc1CN(C)C)C(N)=O. The van der Waals surface area contributed by atoms with Crippen LogP contribution in [-0.2, 0) is 22.6 Å². The van der Waals surface area contributed by atoms with Gasteiger partial charge in [0.1, 0.15) is 5.69 Å². The van der Waals surface area contributed by atoms with E-state index in [1.807, 2.05) is 79.7 Å². The third kappa shape index (κ3) is 7.61. The number of oxazole rings is 1. The summed E-state index contributed by atoms with van der Waals surface area (Å²) in [5, 5.41) is 2.81. The minimum atomic E-state index is -0.838. The van der Waals surface area contributed by atoms with Crippen LogP contribution in [0.25, 0.3) is 11.5 Å². The number of carbonyl (C=O) groups is 3. The smallest absolute Gasteiger partial charge is 0.227 e. The van der Waals surface area contributed by atoms with E-state index in [0.29, 0.717) is 31.0 Å². The van der Waals surface area contributed by atoms with E-state index >= 15 is 0 Å². The van der Waals surface area contributed by atoms with E-state index in [1.54, 1.807) is 6.92 Å². The Bertz CT molecular complexity index is 1160. The summed E-state index contributed by atoms with van der Waals surface area (Å²) in [7, 11) is 3.77. The van der Waals surface area contributed by atoms with E-state index in [2.05, 4.69) is 10.3 Å². The van der Waals surface area contributed by atoms with Gasteiger partial charge in [-0.2, -0.15) is 0 Å². The Morgan fingerprint density at radius 2 is 1.69 bits per heavy atom. The maximum Gasteiger partial charge on any atom is 0.227 e. The van der Waals surface area contributed by atoms with Gasteiger partial charge in [0, 0.05) is 18.0 Å². The summed E-state index contributed by atoms with van der Waals surface area (Å²) in [5.74, 6) is -1.27. The lowest BCUT2D eigenvalue weighted by molar-refractivity contribution is -0.121. The van der Waals surface area contributed by atoms with Crippen LogP contribution in [0.4, 0.5) is 0 Å². The van der Waals surface area contributed by atoms with Crippen molar-refractivity contribution in [1.82, 2.24) is 15.2 Å². The molecule has 189 valence electrons. The van der Waals surface area contributed by atoms with E-state index in [-0.39, 0.29) is 18.0 Å². The molecule has 0 bridgehead atoms. The molecule has 3 aromatic rings. The first-order valence-corrected chi connectivity index (χ1v) is 12.0. The summed E-state index contributed by atoms with van der Waals surface area (Å²) in [4.78, 5) is 44.3. The number of nitrogens with two attached hydrogens (primary N) is 1. The van der Waals surface area contributed by atoms with Gasteiger partial charge in [0.25, 0.3) is 0 Å². The molecule has 3 N–H and O–H groups in total. The molecule has 8 heteroatoms. The van der Waals surface area contributed by atoms with E-state index in [4.69, 9.17) is 10.2 Å². The van der Waals surface area contributed by atoms with Gasteiger partial charge in [-0.3, -0.25) is 14.4 Å². The van der Waals surface area contributed by atoms with Crippen LogP contribution < -0.4 is 11.1 Å². The number of hydrogen-bond donors (Lipinski definition) is 2. The van der Waals surface area contributed by atoms with Gasteiger partial charge in [-0.25, -0.2) is 4.98 Å². The predicted molar refractivity (Wildman–Crippen MR) is 138 cm³/mol. The molecule has 2 aromatic carbocycles. The molecule has 2 unspecified atom stereocenters. The zero-order valence-corrected chi connectivity index (χ0v) is 20.9. The Morgan fingerprint density at radius 3 is 2.31 bits per heavy atom. The number of primary amides is 1. The third-order valence-electron chi connectivity index (χ3n) is 5.75. The zero-order chi connectivity index (χ0) is 26.1. The summed E-state index contributed by atoms with van der Waals surface area (Å²) in [6.45, 7) is 2.05. The van der Waals surface area contributed by atoms with Crippen LogP contribution in [0.5, 0.6) is 0 Å². The molecule has 1 aromatic heterocycles. The van der Waals surface area contributed by atoms with Crippen LogP contribution in [0.2, 0.25) is 0 Å². The fourth-order valence-corrected chi connectivity index (χ4v) is 3.67. The molecular weight excluding hydrogens is 456 g/mol. The number of nitrogens with one attached hydrogen (secondary N) is 1. The molecule has 36 heavy (non-hydrogen) atoms. The molecule has 1 heterocycles. The topological polar surface area (TPSA) is 119 Å². The minimum absolute atomic E-state index is 0.131. The van der Waals surface area contributed by atoms with Crippen LogP contribution in [0.3, 0.4) is 0 Å². The van der Waals surface area contributed by atoms with Crippen LogP contribution >= 0.6 is 0 Å². The van der Waals surface area contributed by atoms with Crippen molar-refractivity contribution in [3.63, 3.8) is 0 Å². The van der Waals surface area contributed by atoms with Crippen LogP contribution in [0.15, 0.2) is 65.1 Å². The molecule has 0 fully saturated rings. The second-order valence-electron chi connectivity index (χ2n) is 9.09. The average molecular weight is 490 g/mol. The number of benzene rings is 2. The summed E-state index contributed by atoms with van der Waals surface area (Å²) in [5.41, 5.74) is 7.61. The molecular formula is C28H33N4O4. The summed E-state index contributed by atoms with van der Waals surface area (Å²) in [6, 6.07) is 18.3. The fraction of sp³-hybridized carbons (Fsp3) is 0.321. The first-order chi connectivity index (χ1) is 17.2. The highest BCUT2D eigenvalue weighted by atomic mass is 16.4. The minimum Gasteiger partial charge on any atom is -0.433 e. The van der Waals surface area contributed by atoms with Crippen molar-refractivity contribution in [3.8, 4) is 11.5 Å². The molecule has 0 saturated carbocycles. The predicted octanol–water partition coefficient (Wildman–Crippen LogP) is 3.42. The number of aromatic nitrogens is 1. The highest BCUT2D eigenvalue weighted by Gasteiger charge is 2.29. The highest BCUT2D eigenvalue weighted by molar-refractivity contribution is 6.01. The second kappa shape index (κ2) is 12.8. The standard InChI is InChI=1S/C28H33N4O4/c1-19(27(29)35)14-17-24(33)30-22(16-15-20-10-6-4-7-11-20)25(34)26-23(18-32(2)3)31-28(36-26)21-12-8-5-9-13-21/h4-13,17,19,22H,14-16,18H2,1-3H3,(H2,29,35)(H,30,33). The monoisotopic (exact) mass is 489 g/mol. The molecule has 0 aliphatic heterocycles. The van der Waals surface area contributed by atoms with Gasteiger partial charge in [-0.15, -0.1) is 0 Å². The molecule has 3 rings (SSSR count). The summed E-state index contributed by atoms with van der Waals surface area (Å²) in [6.07, 6.45) is 2.50. The molecule has 0 spiro atoms. The van der Waals surface area contributed by atoms with E-state index in [0.717, 1.165) is 11.1 Å². The van der Waals surface area contributed by atoms with Gasteiger partial charge in [0.05, 0.1) is 12.5 Å². The number of nitrogens with zero attached hydrogens (tertiary/aromatic N) is 2. The van der Waals surface area contributed by atoms with Crippen molar-refractivity contribution >= 4 is 17.6 Å². The van der Waals surface area contributed by atoms with E-state index in [1.165, 1.54) is 6.42 Å². The number of hydrogen-bond acceptors (Lipinski definition) is 6. The van der Waals surface area contributed by atoms with E-state index < -0.39 is 23.8 Å². The molecule has 8 nitrogen and oxygen atoms in total. The molecule has 2 amide bonds. The number of Topliss-reactive ketones (excluding diaryl/α,β-unsaturated/α-hetero) is 1. The van der Waals surface area contributed by atoms with Crippen molar-refractivity contribution in [1.29, 1.82) is 0 Å². The lowest BCUT2D eigenvalue weighted by atomic mass is 9.99. The van der Waals surface area contributed by atoms with Gasteiger partial charge in [-0.05, 0) is 51.1 Å². The first kappa shape index (κ1) is 26.8. The zero-order valence-electron chi connectivity index (χ0n) is 20.9. The number of ketones is 1. The Hall–Kier alpha value is -3.78. The number of rotatable bonds is 13. The molecule has 1 radical (unpaired) electrons. The van der Waals surface area contributed by atoms with Gasteiger partial charge < -0.3 is 20.4 Å². The van der Waals surface area contributed by atoms with Gasteiger partial charge in [0.2, 0.25) is 23.5 Å². The van der Waals surface area contributed by atoms with Gasteiger partial charge in [-0.1, -0.05) is 55.5 Å². The third-order valence-corrected chi connectivity index (χ3v) is 5.75. The van der Waals surface area contributed by atoms with Crippen molar-refractivity contribution in [2.24, 2.45) is 11.7 Å². The van der Waals surface area contributed by atoms with Crippen molar-refractivity contribution in [3.05, 3.63) is 84.1 Å². The molecule has 0 aliphatic rings. The lowest BCUT2D eigenvalue weighted by Crippen LogP contribution is -2.42. The quantitative estimate of drug-likeness (QED) is 0.355. The Balaban J connectivity index is 1.86. The van der Waals surface area contributed by atoms with Crippen molar-refractivity contribution in [2.45, 2.75) is 38.8 Å². The lowest BCUT2D eigenvalue weighted by Gasteiger charge is -2.18. The highest BCUT2D eigenvalue weighted by Crippen LogP contribution is 2.24. The Morgan fingerprint density at radius 1 is 1.06 bits per heavy atom. The maximum absolute atomic E-state index is 13.7. The van der Waals surface area contributed by atoms with Crippen molar-refractivity contribution in [2.75, 3.05) is 14.1 Å². The average Bonchev–Trinajstić information content (AvgIpc) is 3.28. The largest absolute Gasteiger partial charge is 0.433 e. The summed E-state index contributed by atoms with van der Waals surface area (Å²) < 4.78 is 6.00. The van der Waals surface area contributed by atoms with Gasteiger partial charge >= 0.3 is 0 Å². The van der Waals surface area contributed by atoms with Gasteiger partial charge in [0.15, 0.2) is 5.76 Å². The number of aryl methyl sites for hydroxylation is 1. The Labute approximate surface area is 211 Å². The van der Waals surface area contributed by atoms with Crippen LogP contribution in [0.1, 0.15) is 41.6 Å².